The SMILES string of the molecule is COC(=O)C(Br)CN1C(=O)C(=O)c2cc(Cl)ccc21. The fourth-order valence-corrected chi connectivity index (χ4v) is 2.47. The van der Waals surface area contributed by atoms with Gasteiger partial charge in [0.25, 0.3) is 11.7 Å². The molecule has 1 aromatic carbocycles. The van der Waals surface area contributed by atoms with E-state index >= 15 is 0 Å². The van der Waals surface area contributed by atoms with Crippen molar-refractivity contribution in [3.63, 3.8) is 0 Å². The molecule has 0 fully saturated rings. The number of carbonyl (C=O) groups is 3. The number of esters is 1. The van der Waals surface area contributed by atoms with Gasteiger partial charge in [-0.05, 0) is 18.2 Å². The molecule has 1 amide bonds. The van der Waals surface area contributed by atoms with Crippen LogP contribution in [0.3, 0.4) is 0 Å². The highest BCUT2D eigenvalue weighted by molar-refractivity contribution is 9.10. The van der Waals surface area contributed by atoms with Crippen LogP contribution in [0.5, 0.6) is 0 Å². The normalized spacial score (nSPS) is 15.4. The second-order valence-electron chi connectivity index (χ2n) is 3.90. The van der Waals surface area contributed by atoms with Gasteiger partial charge in [-0.3, -0.25) is 14.4 Å². The van der Waals surface area contributed by atoms with Gasteiger partial charge in [0.1, 0.15) is 4.83 Å². The van der Waals surface area contributed by atoms with Crippen LogP contribution in [0, 0.1) is 0 Å². The number of hydrogen-bond acceptors (Lipinski definition) is 4. The summed E-state index contributed by atoms with van der Waals surface area (Å²) >= 11 is 8.92. The van der Waals surface area contributed by atoms with E-state index in [2.05, 4.69) is 20.7 Å². The molecule has 0 saturated carbocycles. The maximum Gasteiger partial charge on any atom is 0.321 e. The number of fused-ring (bicyclic) bond motifs is 1. The van der Waals surface area contributed by atoms with Crippen molar-refractivity contribution in [2.75, 3.05) is 18.6 Å². The highest BCUT2D eigenvalue weighted by Gasteiger charge is 2.37. The van der Waals surface area contributed by atoms with E-state index < -0.39 is 22.5 Å². The summed E-state index contributed by atoms with van der Waals surface area (Å²) in [6, 6.07) is 4.61. The first kappa shape index (κ1) is 14.0. The van der Waals surface area contributed by atoms with Gasteiger partial charge < -0.3 is 9.64 Å². The van der Waals surface area contributed by atoms with E-state index in [9.17, 15) is 14.4 Å². The van der Waals surface area contributed by atoms with Crippen LogP contribution in [0.25, 0.3) is 0 Å². The third-order valence-corrected chi connectivity index (χ3v) is 3.63. The summed E-state index contributed by atoms with van der Waals surface area (Å²) in [5.74, 6) is -1.81. The summed E-state index contributed by atoms with van der Waals surface area (Å²) in [4.78, 5) is 35.6. The predicted molar refractivity (Wildman–Crippen MR) is 72.9 cm³/mol. The maximum atomic E-state index is 11.9. The molecule has 2 rings (SSSR count). The van der Waals surface area contributed by atoms with Gasteiger partial charge in [0.2, 0.25) is 0 Å². The molecular weight excluding hydrogens is 337 g/mol. The Bertz CT molecular complexity index is 575. The monoisotopic (exact) mass is 345 g/mol. The van der Waals surface area contributed by atoms with E-state index in [0.29, 0.717) is 10.7 Å². The standard InChI is InChI=1S/C12H9BrClNO4/c1-19-12(18)8(13)5-15-9-3-2-6(14)4-7(9)10(16)11(15)17/h2-4,8H,5H2,1H3. The van der Waals surface area contributed by atoms with Gasteiger partial charge >= 0.3 is 5.97 Å². The van der Waals surface area contributed by atoms with Crippen molar-refractivity contribution < 1.29 is 19.1 Å². The Kier molecular flexibility index (Phi) is 3.91. The summed E-state index contributed by atoms with van der Waals surface area (Å²) in [5, 5.41) is 0.380. The molecule has 1 unspecified atom stereocenters. The van der Waals surface area contributed by atoms with E-state index in [1.165, 1.54) is 18.1 Å². The lowest BCUT2D eigenvalue weighted by Gasteiger charge is -2.18. The topological polar surface area (TPSA) is 63.7 Å². The number of benzene rings is 1. The first-order chi connectivity index (χ1) is 8.95. The quantitative estimate of drug-likeness (QED) is 0.476. The van der Waals surface area contributed by atoms with E-state index in [0.717, 1.165) is 0 Å². The molecule has 0 aliphatic carbocycles. The molecule has 0 N–H and O–H groups in total. The number of methoxy groups -OCH3 is 1. The van der Waals surface area contributed by atoms with Gasteiger partial charge in [-0.25, -0.2) is 0 Å². The van der Waals surface area contributed by atoms with Crippen LogP contribution in [0.4, 0.5) is 5.69 Å². The van der Waals surface area contributed by atoms with Crippen molar-refractivity contribution in [3.05, 3.63) is 28.8 Å². The fourth-order valence-electron chi connectivity index (χ4n) is 1.82. The smallest absolute Gasteiger partial charge is 0.321 e. The Hall–Kier alpha value is -1.40. The minimum atomic E-state index is -0.698. The van der Waals surface area contributed by atoms with Crippen molar-refractivity contribution in [2.24, 2.45) is 0 Å². The van der Waals surface area contributed by atoms with Crippen LogP contribution < -0.4 is 4.90 Å². The van der Waals surface area contributed by atoms with Crippen LogP contribution in [0.15, 0.2) is 18.2 Å². The van der Waals surface area contributed by atoms with Crippen LogP contribution >= 0.6 is 27.5 Å². The summed E-state index contributed by atoms with van der Waals surface area (Å²) in [7, 11) is 1.25. The lowest BCUT2D eigenvalue weighted by molar-refractivity contribution is -0.139. The van der Waals surface area contributed by atoms with Crippen molar-refractivity contribution >= 4 is 50.9 Å². The molecule has 0 saturated heterocycles. The van der Waals surface area contributed by atoms with E-state index in [1.807, 2.05) is 0 Å². The number of hydrogen-bond donors (Lipinski definition) is 0. The number of Topliss-reactive ketones (excluding diaryl/α,β-unsaturated/α-hetero) is 1. The number of ketones is 1. The number of nitrogens with zero attached hydrogens (tertiary/aromatic N) is 1. The lowest BCUT2D eigenvalue weighted by Crippen LogP contribution is -2.37. The highest BCUT2D eigenvalue weighted by Crippen LogP contribution is 2.31. The summed E-state index contributed by atoms with van der Waals surface area (Å²) in [6.07, 6.45) is 0. The molecule has 7 heteroatoms. The number of alkyl halides is 1. The molecule has 0 bridgehead atoms. The minimum Gasteiger partial charge on any atom is -0.468 e. The van der Waals surface area contributed by atoms with Crippen molar-refractivity contribution in [1.29, 1.82) is 0 Å². The number of ether oxygens (including phenoxy) is 1. The predicted octanol–water partition coefficient (Wildman–Crippen LogP) is 1.81. The second kappa shape index (κ2) is 5.30. The molecule has 0 spiro atoms. The number of amides is 1. The molecule has 1 aliphatic heterocycles. The zero-order valence-electron chi connectivity index (χ0n) is 9.85. The Morgan fingerprint density at radius 1 is 1.47 bits per heavy atom. The van der Waals surface area contributed by atoms with Gasteiger partial charge in [-0.2, -0.15) is 0 Å². The maximum absolute atomic E-state index is 11.9. The average molecular weight is 347 g/mol. The molecule has 100 valence electrons. The van der Waals surface area contributed by atoms with E-state index in [4.69, 9.17) is 11.6 Å². The summed E-state index contributed by atoms with van der Waals surface area (Å²) < 4.78 is 4.56. The fraction of sp³-hybridized carbons (Fsp3) is 0.250. The molecule has 1 heterocycles. The number of anilines is 1. The molecule has 0 aromatic heterocycles. The van der Waals surface area contributed by atoms with Gasteiger partial charge in [0, 0.05) is 11.6 Å². The largest absolute Gasteiger partial charge is 0.468 e. The van der Waals surface area contributed by atoms with Gasteiger partial charge in [0.05, 0.1) is 18.4 Å². The van der Waals surface area contributed by atoms with E-state index in [1.54, 1.807) is 12.1 Å². The van der Waals surface area contributed by atoms with Gasteiger partial charge in [0.15, 0.2) is 0 Å². The van der Waals surface area contributed by atoms with Crippen molar-refractivity contribution in [2.45, 2.75) is 4.83 Å². The van der Waals surface area contributed by atoms with Crippen LogP contribution in [-0.4, -0.2) is 36.1 Å². The first-order valence-corrected chi connectivity index (χ1v) is 6.62. The van der Waals surface area contributed by atoms with E-state index in [-0.39, 0.29) is 12.1 Å². The third kappa shape index (κ3) is 2.50. The Morgan fingerprint density at radius 3 is 2.79 bits per heavy atom. The minimum absolute atomic E-state index is 0.0197. The molecule has 5 nitrogen and oxygen atoms in total. The average Bonchev–Trinajstić information content (AvgIpc) is 2.62. The highest BCUT2D eigenvalue weighted by atomic mass is 79.9. The van der Waals surface area contributed by atoms with Gasteiger partial charge in [-0.15, -0.1) is 0 Å². The Balaban J connectivity index is 2.31. The molecule has 1 aromatic rings. The molecule has 0 radical (unpaired) electrons. The number of halogens is 2. The first-order valence-electron chi connectivity index (χ1n) is 5.33. The third-order valence-electron chi connectivity index (χ3n) is 2.73. The molecule has 19 heavy (non-hydrogen) atoms. The Morgan fingerprint density at radius 2 is 2.16 bits per heavy atom. The second-order valence-corrected chi connectivity index (χ2v) is 5.44. The molecular formula is C12H9BrClNO4. The van der Waals surface area contributed by atoms with Gasteiger partial charge in [-0.1, -0.05) is 27.5 Å². The summed E-state index contributed by atoms with van der Waals surface area (Å²) in [6.45, 7) is 0.0197. The zero-order valence-corrected chi connectivity index (χ0v) is 12.2. The molecule has 1 aliphatic rings. The van der Waals surface area contributed by atoms with Crippen LogP contribution in [-0.2, 0) is 14.3 Å². The van der Waals surface area contributed by atoms with Crippen molar-refractivity contribution in [1.82, 2.24) is 0 Å². The molecule has 1 atom stereocenters. The van der Waals surface area contributed by atoms with Crippen LogP contribution in [0.2, 0.25) is 5.02 Å². The number of rotatable bonds is 3. The van der Waals surface area contributed by atoms with Crippen LogP contribution in [0.1, 0.15) is 10.4 Å². The Labute approximate surface area is 122 Å². The summed E-state index contributed by atoms with van der Waals surface area (Å²) in [5.41, 5.74) is 0.704. The van der Waals surface area contributed by atoms with Crippen molar-refractivity contribution in [3.8, 4) is 0 Å². The lowest BCUT2D eigenvalue weighted by atomic mass is 10.1. The number of carbonyl (C=O) groups excluding carboxylic acids is 3. The zero-order chi connectivity index (χ0) is 14.2.